The maximum atomic E-state index is 13.1. The molecule has 0 radical (unpaired) electrons. The van der Waals surface area contributed by atoms with Gasteiger partial charge in [0.05, 0.1) is 0 Å². The van der Waals surface area contributed by atoms with Crippen molar-refractivity contribution >= 4 is 0 Å². The molecular weight excluding hydrogens is 260 g/mol. The molecule has 2 rings (SSSR count). The summed E-state index contributed by atoms with van der Waals surface area (Å²) in [5.74, 6) is -0.609. The molecule has 4 heteroatoms. The van der Waals surface area contributed by atoms with Crippen molar-refractivity contribution in [3.63, 3.8) is 0 Å². The highest BCUT2D eigenvalue weighted by atomic mass is 19.1. The SMILES string of the molecule is CCNC(C)c1cccc(Oc2cc(F)cc(F)c2)c1. The Morgan fingerprint density at radius 2 is 1.75 bits per heavy atom. The summed E-state index contributed by atoms with van der Waals surface area (Å²) in [7, 11) is 0. The standard InChI is InChI=1S/C16H17F2NO/c1-3-19-11(2)12-5-4-6-15(7-12)20-16-9-13(17)8-14(18)10-16/h4-11,19H,3H2,1-2H3. The van der Waals surface area contributed by atoms with Crippen LogP contribution in [0, 0.1) is 11.6 Å². The van der Waals surface area contributed by atoms with E-state index in [2.05, 4.69) is 5.32 Å². The van der Waals surface area contributed by atoms with Crippen molar-refractivity contribution < 1.29 is 13.5 Å². The lowest BCUT2D eigenvalue weighted by Crippen LogP contribution is -2.17. The van der Waals surface area contributed by atoms with E-state index in [0.717, 1.165) is 30.3 Å². The lowest BCUT2D eigenvalue weighted by atomic mass is 10.1. The molecule has 1 atom stereocenters. The minimum Gasteiger partial charge on any atom is -0.457 e. The van der Waals surface area contributed by atoms with Gasteiger partial charge in [-0.2, -0.15) is 0 Å². The molecule has 1 unspecified atom stereocenters. The average molecular weight is 277 g/mol. The van der Waals surface area contributed by atoms with Crippen LogP contribution < -0.4 is 10.1 Å². The predicted octanol–water partition coefficient (Wildman–Crippen LogP) is 4.43. The van der Waals surface area contributed by atoms with Crippen molar-refractivity contribution in [1.82, 2.24) is 5.32 Å². The van der Waals surface area contributed by atoms with Gasteiger partial charge in [-0.05, 0) is 31.2 Å². The van der Waals surface area contributed by atoms with Crippen LogP contribution >= 0.6 is 0 Å². The van der Waals surface area contributed by atoms with E-state index in [1.54, 1.807) is 6.07 Å². The molecule has 0 fully saturated rings. The number of ether oxygens (including phenoxy) is 1. The number of hydrogen-bond acceptors (Lipinski definition) is 2. The molecule has 0 saturated carbocycles. The first-order valence-corrected chi connectivity index (χ1v) is 6.55. The summed E-state index contributed by atoms with van der Waals surface area (Å²) in [5.41, 5.74) is 1.06. The van der Waals surface area contributed by atoms with Crippen LogP contribution in [0.25, 0.3) is 0 Å². The molecule has 2 aromatic carbocycles. The fourth-order valence-electron chi connectivity index (χ4n) is 1.99. The van der Waals surface area contributed by atoms with Crippen molar-refractivity contribution in [2.45, 2.75) is 19.9 Å². The zero-order chi connectivity index (χ0) is 14.5. The van der Waals surface area contributed by atoms with Crippen molar-refractivity contribution in [3.8, 4) is 11.5 Å². The van der Waals surface area contributed by atoms with E-state index in [4.69, 9.17) is 4.74 Å². The molecule has 0 aromatic heterocycles. The van der Waals surface area contributed by atoms with Gasteiger partial charge in [-0.15, -0.1) is 0 Å². The van der Waals surface area contributed by atoms with Gasteiger partial charge in [0.25, 0.3) is 0 Å². The molecule has 0 amide bonds. The molecule has 0 bridgehead atoms. The topological polar surface area (TPSA) is 21.3 Å². The van der Waals surface area contributed by atoms with E-state index in [1.807, 2.05) is 32.0 Å². The highest BCUT2D eigenvalue weighted by Crippen LogP contribution is 2.25. The Labute approximate surface area is 117 Å². The number of nitrogens with one attached hydrogen (secondary N) is 1. The van der Waals surface area contributed by atoms with Crippen molar-refractivity contribution in [2.24, 2.45) is 0 Å². The van der Waals surface area contributed by atoms with E-state index in [0.29, 0.717) is 5.75 Å². The van der Waals surface area contributed by atoms with E-state index >= 15 is 0 Å². The second-order valence-electron chi connectivity index (χ2n) is 4.56. The third kappa shape index (κ3) is 3.78. The van der Waals surface area contributed by atoms with Crippen LogP contribution in [-0.4, -0.2) is 6.54 Å². The smallest absolute Gasteiger partial charge is 0.133 e. The first kappa shape index (κ1) is 14.5. The Bertz CT molecular complexity index is 566. The summed E-state index contributed by atoms with van der Waals surface area (Å²) < 4.78 is 31.7. The Hall–Kier alpha value is -1.94. The number of hydrogen-bond donors (Lipinski definition) is 1. The van der Waals surface area contributed by atoms with Crippen molar-refractivity contribution in [3.05, 3.63) is 59.7 Å². The highest BCUT2D eigenvalue weighted by Gasteiger charge is 2.07. The minimum absolute atomic E-state index is 0.149. The Morgan fingerprint density at radius 3 is 2.40 bits per heavy atom. The van der Waals surface area contributed by atoms with Crippen LogP contribution in [0.5, 0.6) is 11.5 Å². The molecule has 2 aromatic rings. The molecule has 20 heavy (non-hydrogen) atoms. The van der Waals surface area contributed by atoms with Crippen molar-refractivity contribution in [2.75, 3.05) is 6.54 Å². The summed E-state index contributed by atoms with van der Waals surface area (Å²) >= 11 is 0. The quantitative estimate of drug-likeness (QED) is 0.873. The highest BCUT2D eigenvalue weighted by molar-refractivity contribution is 5.35. The van der Waals surface area contributed by atoms with Gasteiger partial charge >= 0.3 is 0 Å². The first-order chi connectivity index (χ1) is 9.58. The lowest BCUT2D eigenvalue weighted by molar-refractivity contribution is 0.466. The predicted molar refractivity (Wildman–Crippen MR) is 75.0 cm³/mol. The maximum absolute atomic E-state index is 13.1. The zero-order valence-electron chi connectivity index (χ0n) is 11.5. The lowest BCUT2D eigenvalue weighted by Gasteiger charge is -2.14. The first-order valence-electron chi connectivity index (χ1n) is 6.55. The number of benzene rings is 2. The third-order valence-electron chi connectivity index (χ3n) is 2.94. The average Bonchev–Trinajstić information content (AvgIpc) is 2.38. The van der Waals surface area contributed by atoms with Gasteiger partial charge in [0.1, 0.15) is 23.1 Å². The van der Waals surface area contributed by atoms with E-state index in [-0.39, 0.29) is 11.8 Å². The molecule has 0 aliphatic carbocycles. The normalized spacial score (nSPS) is 12.2. The van der Waals surface area contributed by atoms with Crippen LogP contribution in [-0.2, 0) is 0 Å². The number of rotatable bonds is 5. The van der Waals surface area contributed by atoms with Gasteiger partial charge in [0, 0.05) is 24.2 Å². The maximum Gasteiger partial charge on any atom is 0.133 e. The fraction of sp³-hybridized carbons (Fsp3) is 0.250. The molecule has 106 valence electrons. The third-order valence-corrected chi connectivity index (χ3v) is 2.94. The van der Waals surface area contributed by atoms with Gasteiger partial charge in [0.15, 0.2) is 0 Å². The molecule has 0 heterocycles. The van der Waals surface area contributed by atoms with Gasteiger partial charge in [0.2, 0.25) is 0 Å². The molecule has 0 saturated heterocycles. The van der Waals surface area contributed by atoms with E-state index < -0.39 is 11.6 Å². The zero-order valence-corrected chi connectivity index (χ0v) is 11.5. The van der Waals surface area contributed by atoms with Gasteiger partial charge < -0.3 is 10.1 Å². The molecule has 0 aliphatic heterocycles. The van der Waals surface area contributed by atoms with Gasteiger partial charge in [-0.3, -0.25) is 0 Å². The van der Waals surface area contributed by atoms with E-state index in [9.17, 15) is 8.78 Å². The fourth-order valence-corrected chi connectivity index (χ4v) is 1.99. The van der Waals surface area contributed by atoms with Crippen LogP contribution in [0.2, 0.25) is 0 Å². The van der Waals surface area contributed by atoms with Crippen LogP contribution in [0.1, 0.15) is 25.5 Å². The summed E-state index contributed by atoms with van der Waals surface area (Å²) in [6.45, 7) is 4.94. The van der Waals surface area contributed by atoms with E-state index in [1.165, 1.54) is 0 Å². The summed E-state index contributed by atoms with van der Waals surface area (Å²) in [4.78, 5) is 0. The second kappa shape index (κ2) is 6.48. The summed E-state index contributed by atoms with van der Waals surface area (Å²) in [5, 5.41) is 3.30. The van der Waals surface area contributed by atoms with Gasteiger partial charge in [-0.25, -0.2) is 8.78 Å². The Balaban J connectivity index is 2.19. The molecule has 0 spiro atoms. The second-order valence-corrected chi connectivity index (χ2v) is 4.56. The van der Waals surface area contributed by atoms with Crippen LogP contribution in [0.4, 0.5) is 8.78 Å². The van der Waals surface area contributed by atoms with Gasteiger partial charge in [-0.1, -0.05) is 19.1 Å². The molecule has 2 nitrogen and oxygen atoms in total. The number of halogens is 2. The molecule has 0 aliphatic rings. The van der Waals surface area contributed by atoms with Crippen LogP contribution in [0.15, 0.2) is 42.5 Å². The minimum atomic E-state index is -0.655. The van der Waals surface area contributed by atoms with Crippen molar-refractivity contribution in [1.29, 1.82) is 0 Å². The molecular formula is C16H17F2NO. The Kier molecular flexibility index (Phi) is 4.69. The monoisotopic (exact) mass is 277 g/mol. The van der Waals surface area contributed by atoms with Crippen LogP contribution in [0.3, 0.4) is 0 Å². The summed E-state index contributed by atoms with van der Waals surface area (Å²) in [6, 6.07) is 10.8. The molecule has 1 N–H and O–H groups in total. The Morgan fingerprint density at radius 1 is 1.05 bits per heavy atom. The largest absolute Gasteiger partial charge is 0.457 e. The summed E-state index contributed by atoms with van der Waals surface area (Å²) in [6.07, 6.45) is 0.